The minimum atomic E-state index is -0.522. The van der Waals surface area contributed by atoms with Crippen molar-refractivity contribution in [1.82, 2.24) is 0 Å². The number of rotatable bonds is 3. The number of anilines is 1. The molecule has 0 aliphatic heterocycles. The van der Waals surface area contributed by atoms with Crippen molar-refractivity contribution in [2.24, 2.45) is 0 Å². The Bertz CT molecular complexity index is 620. The first kappa shape index (κ1) is 14.2. The summed E-state index contributed by atoms with van der Waals surface area (Å²) in [6, 6.07) is 14.3. The standard InChI is InChI=1S/C14H9BrCl2N2/c15-9-1-6-13(17)12(7-9)14(8-18)19-11-4-2-10(16)3-5-11/h1-7,14,19H. The molecule has 0 saturated heterocycles. The number of benzene rings is 2. The van der Waals surface area contributed by atoms with E-state index in [2.05, 4.69) is 27.3 Å². The molecule has 0 bridgehead atoms. The van der Waals surface area contributed by atoms with Crippen LogP contribution in [0.2, 0.25) is 10.0 Å². The predicted molar refractivity (Wildman–Crippen MR) is 82.6 cm³/mol. The van der Waals surface area contributed by atoms with E-state index in [1.165, 1.54) is 0 Å². The fourth-order valence-electron chi connectivity index (χ4n) is 1.63. The molecule has 0 spiro atoms. The number of nitrogens with one attached hydrogen (secondary N) is 1. The van der Waals surface area contributed by atoms with Crippen molar-refractivity contribution < 1.29 is 0 Å². The molecule has 2 rings (SSSR count). The molecule has 1 unspecified atom stereocenters. The highest BCUT2D eigenvalue weighted by atomic mass is 79.9. The summed E-state index contributed by atoms with van der Waals surface area (Å²) in [5.74, 6) is 0. The monoisotopic (exact) mass is 354 g/mol. The van der Waals surface area contributed by atoms with Crippen molar-refractivity contribution in [3.63, 3.8) is 0 Å². The first-order chi connectivity index (χ1) is 9.10. The van der Waals surface area contributed by atoms with Gasteiger partial charge >= 0.3 is 0 Å². The lowest BCUT2D eigenvalue weighted by atomic mass is 10.1. The number of halogens is 3. The van der Waals surface area contributed by atoms with E-state index in [1.54, 1.807) is 18.2 Å². The topological polar surface area (TPSA) is 35.8 Å². The highest BCUT2D eigenvalue weighted by molar-refractivity contribution is 9.10. The molecule has 5 heteroatoms. The van der Waals surface area contributed by atoms with Crippen molar-refractivity contribution >= 4 is 44.8 Å². The normalized spacial score (nSPS) is 11.7. The summed E-state index contributed by atoms with van der Waals surface area (Å²) < 4.78 is 0.880. The van der Waals surface area contributed by atoms with E-state index in [1.807, 2.05) is 24.3 Å². The Balaban J connectivity index is 2.28. The third-order valence-electron chi connectivity index (χ3n) is 2.55. The molecule has 2 nitrogen and oxygen atoms in total. The van der Waals surface area contributed by atoms with Gasteiger partial charge in [0.25, 0.3) is 0 Å². The highest BCUT2D eigenvalue weighted by Crippen LogP contribution is 2.29. The van der Waals surface area contributed by atoms with Gasteiger partial charge in [-0.3, -0.25) is 0 Å². The third kappa shape index (κ3) is 3.63. The number of nitrogens with zero attached hydrogens (tertiary/aromatic N) is 1. The van der Waals surface area contributed by atoms with Crippen LogP contribution in [0.5, 0.6) is 0 Å². The van der Waals surface area contributed by atoms with Crippen molar-refractivity contribution in [3.8, 4) is 6.07 Å². The molecule has 0 aliphatic carbocycles. The van der Waals surface area contributed by atoms with Gasteiger partial charge in [-0.25, -0.2) is 0 Å². The van der Waals surface area contributed by atoms with Crippen LogP contribution in [0, 0.1) is 11.3 Å². The zero-order valence-electron chi connectivity index (χ0n) is 9.70. The second-order valence-electron chi connectivity index (χ2n) is 3.88. The first-order valence-electron chi connectivity index (χ1n) is 5.47. The van der Waals surface area contributed by atoms with E-state index in [4.69, 9.17) is 23.2 Å². The van der Waals surface area contributed by atoms with Crippen LogP contribution in [-0.2, 0) is 0 Å². The molecule has 2 aromatic rings. The van der Waals surface area contributed by atoms with Gasteiger partial charge in [0.1, 0.15) is 6.04 Å². The minimum absolute atomic E-state index is 0.522. The summed E-state index contributed by atoms with van der Waals surface area (Å²) in [5, 5.41) is 13.6. The van der Waals surface area contributed by atoms with Gasteiger partial charge in [0, 0.05) is 25.8 Å². The second-order valence-corrected chi connectivity index (χ2v) is 5.64. The van der Waals surface area contributed by atoms with Crippen LogP contribution >= 0.6 is 39.1 Å². The molecule has 0 fully saturated rings. The number of nitriles is 1. The molecule has 0 aliphatic rings. The van der Waals surface area contributed by atoms with E-state index >= 15 is 0 Å². The van der Waals surface area contributed by atoms with Gasteiger partial charge in [-0.15, -0.1) is 0 Å². The lowest BCUT2D eigenvalue weighted by Gasteiger charge is -2.15. The summed E-state index contributed by atoms with van der Waals surface area (Å²) in [6.07, 6.45) is 0. The molecule has 0 radical (unpaired) electrons. The lowest BCUT2D eigenvalue weighted by Crippen LogP contribution is -2.09. The highest BCUT2D eigenvalue weighted by Gasteiger charge is 2.14. The molecule has 0 heterocycles. The number of hydrogen-bond acceptors (Lipinski definition) is 2. The van der Waals surface area contributed by atoms with Gasteiger partial charge < -0.3 is 5.32 Å². The van der Waals surface area contributed by atoms with Gasteiger partial charge in [0.15, 0.2) is 0 Å². The van der Waals surface area contributed by atoms with Crippen LogP contribution < -0.4 is 5.32 Å². The predicted octanol–water partition coefficient (Wildman–Crippen LogP) is 5.43. The fraction of sp³-hybridized carbons (Fsp3) is 0.0714. The van der Waals surface area contributed by atoms with Crippen molar-refractivity contribution in [3.05, 3.63) is 62.5 Å². The second kappa shape index (κ2) is 6.29. The van der Waals surface area contributed by atoms with E-state index in [0.29, 0.717) is 10.0 Å². The van der Waals surface area contributed by atoms with Crippen LogP contribution in [-0.4, -0.2) is 0 Å². The summed E-state index contributed by atoms with van der Waals surface area (Å²) in [6.45, 7) is 0. The van der Waals surface area contributed by atoms with Crippen molar-refractivity contribution in [2.75, 3.05) is 5.32 Å². The molecule has 19 heavy (non-hydrogen) atoms. The summed E-state index contributed by atoms with van der Waals surface area (Å²) in [5.41, 5.74) is 1.54. The van der Waals surface area contributed by atoms with Crippen LogP contribution in [0.3, 0.4) is 0 Å². The molecule has 0 aromatic heterocycles. The van der Waals surface area contributed by atoms with Gasteiger partial charge in [0.05, 0.1) is 6.07 Å². The van der Waals surface area contributed by atoms with Crippen LogP contribution in [0.25, 0.3) is 0 Å². The zero-order valence-corrected chi connectivity index (χ0v) is 12.8. The molecular formula is C14H9BrCl2N2. The van der Waals surface area contributed by atoms with Crippen LogP contribution in [0.4, 0.5) is 5.69 Å². The average molecular weight is 356 g/mol. The molecular weight excluding hydrogens is 347 g/mol. The van der Waals surface area contributed by atoms with Crippen molar-refractivity contribution in [1.29, 1.82) is 5.26 Å². The van der Waals surface area contributed by atoms with Crippen molar-refractivity contribution in [2.45, 2.75) is 6.04 Å². The minimum Gasteiger partial charge on any atom is -0.366 e. The van der Waals surface area contributed by atoms with Crippen LogP contribution in [0.1, 0.15) is 11.6 Å². The van der Waals surface area contributed by atoms with E-state index in [-0.39, 0.29) is 0 Å². The average Bonchev–Trinajstić information content (AvgIpc) is 2.41. The van der Waals surface area contributed by atoms with E-state index in [0.717, 1.165) is 15.7 Å². The Morgan fingerprint density at radius 2 is 1.79 bits per heavy atom. The Hall–Kier alpha value is -1.21. The first-order valence-corrected chi connectivity index (χ1v) is 7.01. The molecule has 0 saturated carbocycles. The van der Waals surface area contributed by atoms with E-state index in [9.17, 15) is 5.26 Å². The fourth-order valence-corrected chi connectivity index (χ4v) is 2.36. The Morgan fingerprint density at radius 3 is 2.42 bits per heavy atom. The van der Waals surface area contributed by atoms with Crippen LogP contribution in [0.15, 0.2) is 46.9 Å². The molecule has 1 atom stereocenters. The zero-order chi connectivity index (χ0) is 13.8. The summed E-state index contributed by atoms with van der Waals surface area (Å²) in [4.78, 5) is 0. The maximum absolute atomic E-state index is 9.30. The molecule has 96 valence electrons. The molecule has 2 aromatic carbocycles. The maximum Gasteiger partial charge on any atom is 0.141 e. The van der Waals surface area contributed by atoms with Gasteiger partial charge in [-0.1, -0.05) is 39.1 Å². The largest absolute Gasteiger partial charge is 0.366 e. The smallest absolute Gasteiger partial charge is 0.141 e. The number of hydrogen-bond donors (Lipinski definition) is 1. The van der Waals surface area contributed by atoms with E-state index < -0.39 is 6.04 Å². The Labute approximate surface area is 130 Å². The maximum atomic E-state index is 9.30. The third-order valence-corrected chi connectivity index (χ3v) is 3.64. The quantitative estimate of drug-likeness (QED) is 0.796. The van der Waals surface area contributed by atoms with Gasteiger partial charge in [-0.2, -0.15) is 5.26 Å². The summed E-state index contributed by atoms with van der Waals surface area (Å²) >= 11 is 15.3. The SMILES string of the molecule is N#CC(Nc1ccc(Cl)cc1)c1cc(Br)ccc1Cl. The molecule has 1 N–H and O–H groups in total. The lowest BCUT2D eigenvalue weighted by molar-refractivity contribution is 0.996. The van der Waals surface area contributed by atoms with Gasteiger partial charge in [0.2, 0.25) is 0 Å². The van der Waals surface area contributed by atoms with Gasteiger partial charge in [-0.05, 0) is 42.5 Å². The summed E-state index contributed by atoms with van der Waals surface area (Å²) in [7, 11) is 0. The Morgan fingerprint density at radius 1 is 1.11 bits per heavy atom. The molecule has 0 amide bonds. The Kier molecular flexibility index (Phi) is 4.71.